The van der Waals surface area contributed by atoms with Crippen LogP contribution in [0.25, 0.3) is 5.76 Å². The second-order valence-electron chi connectivity index (χ2n) is 8.23. The van der Waals surface area contributed by atoms with Crippen molar-refractivity contribution in [2.45, 2.75) is 12.0 Å². The fraction of sp³-hybridized carbons (Fsp3) is 0.148. The molecule has 0 bridgehead atoms. The maximum atomic E-state index is 13.0. The van der Waals surface area contributed by atoms with E-state index in [4.69, 9.17) is 0 Å². The Morgan fingerprint density at radius 3 is 2.12 bits per heavy atom. The molecule has 2 atom stereocenters. The highest BCUT2D eigenvalue weighted by atomic mass is 16.3. The standard InChI is InChI=1S/C27H23N3O2/c1-30(2)19-14-12-18(13-15-19)25-22(17-8-4-3-5-9-17)16-23(28-29-25)24-26(31)20-10-6-7-11-21(20)27(24)32/h3-16,22,25,31H,1-2H3/t22-,25-/m1/s1. The van der Waals surface area contributed by atoms with Gasteiger partial charge in [0, 0.05) is 36.8 Å². The number of rotatable bonds is 4. The molecule has 32 heavy (non-hydrogen) atoms. The number of fused-ring (bicyclic) bond motifs is 1. The normalized spacial score (nSPS) is 19.7. The Labute approximate surface area is 187 Å². The SMILES string of the molecule is CN(C)c1ccc([C@H]2N=NC(C3=C(O)c4ccccc4C3=O)=C[C@@H]2c2ccccc2)cc1. The van der Waals surface area contributed by atoms with Crippen molar-refractivity contribution < 1.29 is 9.90 Å². The molecule has 1 aliphatic heterocycles. The highest BCUT2D eigenvalue weighted by molar-refractivity contribution is 6.22. The van der Waals surface area contributed by atoms with Crippen LogP contribution in [0.3, 0.4) is 0 Å². The zero-order valence-electron chi connectivity index (χ0n) is 17.9. The van der Waals surface area contributed by atoms with Crippen molar-refractivity contribution in [3.05, 3.63) is 118 Å². The number of anilines is 1. The van der Waals surface area contributed by atoms with Gasteiger partial charge in [0.05, 0.1) is 11.3 Å². The number of benzene rings is 3. The molecule has 1 aliphatic carbocycles. The lowest BCUT2D eigenvalue weighted by Crippen LogP contribution is -2.14. The van der Waals surface area contributed by atoms with Crippen LogP contribution < -0.4 is 4.90 Å². The summed E-state index contributed by atoms with van der Waals surface area (Å²) in [5, 5.41) is 19.9. The van der Waals surface area contributed by atoms with E-state index in [1.807, 2.05) is 44.4 Å². The van der Waals surface area contributed by atoms with E-state index in [-0.39, 0.29) is 29.1 Å². The smallest absolute Gasteiger partial charge is 0.199 e. The van der Waals surface area contributed by atoms with Crippen LogP contribution in [0.1, 0.15) is 39.0 Å². The predicted molar refractivity (Wildman–Crippen MR) is 126 cm³/mol. The van der Waals surface area contributed by atoms with Crippen LogP contribution in [-0.2, 0) is 0 Å². The van der Waals surface area contributed by atoms with Crippen LogP contribution >= 0.6 is 0 Å². The van der Waals surface area contributed by atoms with Crippen molar-refractivity contribution in [2.75, 3.05) is 19.0 Å². The molecule has 5 heteroatoms. The Hall–Kier alpha value is -3.99. The number of aliphatic hydroxyl groups excluding tert-OH is 1. The number of azo groups is 1. The maximum Gasteiger partial charge on any atom is 0.199 e. The maximum absolute atomic E-state index is 13.0. The molecule has 3 aromatic rings. The Balaban J connectivity index is 1.57. The lowest BCUT2D eigenvalue weighted by Gasteiger charge is -2.26. The molecule has 0 unspecified atom stereocenters. The predicted octanol–water partition coefficient (Wildman–Crippen LogP) is 6.09. The number of hydrogen-bond donors (Lipinski definition) is 1. The van der Waals surface area contributed by atoms with Crippen molar-refractivity contribution in [1.82, 2.24) is 0 Å². The minimum Gasteiger partial charge on any atom is -0.506 e. The van der Waals surface area contributed by atoms with Crippen LogP contribution in [0.15, 0.2) is 106 Å². The Bertz CT molecular complexity index is 1270. The van der Waals surface area contributed by atoms with Crippen LogP contribution in [0, 0.1) is 0 Å². The van der Waals surface area contributed by atoms with Crippen LogP contribution in [0.5, 0.6) is 0 Å². The van der Waals surface area contributed by atoms with Crippen molar-refractivity contribution >= 4 is 17.2 Å². The van der Waals surface area contributed by atoms with Gasteiger partial charge in [-0.1, -0.05) is 66.7 Å². The lowest BCUT2D eigenvalue weighted by atomic mass is 9.85. The molecule has 0 saturated carbocycles. The third-order valence-corrected chi connectivity index (χ3v) is 6.05. The zero-order valence-corrected chi connectivity index (χ0v) is 17.9. The van der Waals surface area contributed by atoms with Gasteiger partial charge in [-0.05, 0) is 29.3 Å². The minimum atomic E-state index is -0.223. The molecule has 0 radical (unpaired) electrons. The number of carbonyl (C=O) groups is 1. The topological polar surface area (TPSA) is 65.3 Å². The first-order chi connectivity index (χ1) is 15.5. The zero-order chi connectivity index (χ0) is 22.2. The quantitative estimate of drug-likeness (QED) is 0.554. The molecule has 0 amide bonds. The molecule has 0 aromatic heterocycles. The van der Waals surface area contributed by atoms with E-state index in [1.165, 1.54) is 0 Å². The van der Waals surface area contributed by atoms with Crippen molar-refractivity contribution in [1.29, 1.82) is 0 Å². The first kappa shape index (κ1) is 19.9. The second kappa shape index (κ2) is 7.93. The van der Waals surface area contributed by atoms with Gasteiger partial charge in [-0.2, -0.15) is 10.2 Å². The van der Waals surface area contributed by atoms with Crippen LogP contribution in [0.4, 0.5) is 5.69 Å². The van der Waals surface area contributed by atoms with E-state index in [0.29, 0.717) is 16.8 Å². The van der Waals surface area contributed by atoms with E-state index >= 15 is 0 Å². The molecule has 5 rings (SSSR count). The molecule has 1 heterocycles. The summed E-state index contributed by atoms with van der Waals surface area (Å²) in [4.78, 5) is 15.1. The largest absolute Gasteiger partial charge is 0.506 e. The minimum absolute atomic E-state index is 0.0311. The van der Waals surface area contributed by atoms with Gasteiger partial charge in [0.1, 0.15) is 11.8 Å². The summed E-state index contributed by atoms with van der Waals surface area (Å²) in [6, 6.07) is 25.2. The number of Topliss-reactive ketones (excluding diaryl/α,β-unsaturated/α-hetero) is 1. The van der Waals surface area contributed by atoms with Crippen LogP contribution in [0.2, 0.25) is 0 Å². The van der Waals surface area contributed by atoms with E-state index < -0.39 is 0 Å². The monoisotopic (exact) mass is 421 g/mol. The van der Waals surface area contributed by atoms with Gasteiger partial charge in [-0.3, -0.25) is 4.79 Å². The highest BCUT2D eigenvalue weighted by Gasteiger charge is 2.35. The van der Waals surface area contributed by atoms with Crippen molar-refractivity contribution in [2.24, 2.45) is 10.2 Å². The van der Waals surface area contributed by atoms with E-state index in [1.54, 1.807) is 18.2 Å². The molecular weight excluding hydrogens is 398 g/mol. The third kappa shape index (κ3) is 3.32. The molecule has 0 fully saturated rings. The summed E-state index contributed by atoms with van der Waals surface area (Å²) in [5.74, 6) is -0.369. The van der Waals surface area contributed by atoms with E-state index in [2.05, 4.69) is 51.5 Å². The van der Waals surface area contributed by atoms with Crippen molar-refractivity contribution in [3.8, 4) is 0 Å². The van der Waals surface area contributed by atoms with Gasteiger partial charge >= 0.3 is 0 Å². The molecule has 5 nitrogen and oxygen atoms in total. The number of allylic oxidation sites excluding steroid dienone is 1. The van der Waals surface area contributed by atoms with Crippen molar-refractivity contribution in [3.63, 3.8) is 0 Å². The fourth-order valence-corrected chi connectivity index (χ4v) is 4.32. The van der Waals surface area contributed by atoms with E-state index in [9.17, 15) is 9.90 Å². The molecular formula is C27H23N3O2. The fourth-order valence-electron chi connectivity index (χ4n) is 4.32. The molecule has 158 valence electrons. The number of hydrogen-bond acceptors (Lipinski definition) is 5. The molecule has 3 aromatic carbocycles. The summed E-state index contributed by atoms with van der Waals surface area (Å²) in [7, 11) is 4.02. The molecule has 2 aliphatic rings. The average molecular weight is 422 g/mol. The first-order valence-corrected chi connectivity index (χ1v) is 10.6. The molecule has 0 saturated heterocycles. The Morgan fingerprint density at radius 1 is 0.812 bits per heavy atom. The van der Waals surface area contributed by atoms with Gasteiger partial charge in [0.15, 0.2) is 5.78 Å². The summed E-state index contributed by atoms with van der Waals surface area (Å²) in [6.07, 6.45) is 1.96. The molecule has 1 N–H and O–H groups in total. The summed E-state index contributed by atoms with van der Waals surface area (Å²) in [6.45, 7) is 0. The first-order valence-electron chi connectivity index (χ1n) is 10.6. The lowest BCUT2D eigenvalue weighted by molar-refractivity contribution is 0.103. The third-order valence-electron chi connectivity index (χ3n) is 6.05. The number of carbonyl (C=O) groups excluding carboxylic acids is 1. The average Bonchev–Trinajstić information content (AvgIpc) is 3.09. The van der Waals surface area contributed by atoms with Gasteiger partial charge in [0.25, 0.3) is 0 Å². The second-order valence-corrected chi connectivity index (χ2v) is 8.23. The van der Waals surface area contributed by atoms with Gasteiger partial charge < -0.3 is 10.0 Å². The summed E-state index contributed by atoms with van der Waals surface area (Å²) < 4.78 is 0. The highest BCUT2D eigenvalue weighted by Crippen LogP contribution is 2.44. The molecule has 0 spiro atoms. The van der Waals surface area contributed by atoms with Gasteiger partial charge in [-0.25, -0.2) is 0 Å². The Morgan fingerprint density at radius 2 is 1.47 bits per heavy atom. The van der Waals surface area contributed by atoms with Gasteiger partial charge in [-0.15, -0.1) is 0 Å². The van der Waals surface area contributed by atoms with Crippen LogP contribution in [-0.4, -0.2) is 25.0 Å². The van der Waals surface area contributed by atoms with Gasteiger partial charge in [0.2, 0.25) is 0 Å². The van der Waals surface area contributed by atoms with E-state index in [0.717, 1.165) is 16.8 Å². The number of nitrogens with zero attached hydrogens (tertiary/aromatic N) is 3. The Kier molecular flexibility index (Phi) is 4.94. The number of aliphatic hydroxyl groups is 1. The number of ketones is 1. The summed E-state index contributed by atoms with van der Waals surface area (Å²) >= 11 is 0. The summed E-state index contributed by atoms with van der Waals surface area (Å²) in [5.41, 5.74) is 4.90.